The number of benzene rings is 2. The van der Waals surface area contributed by atoms with Crippen molar-refractivity contribution in [2.24, 2.45) is 0 Å². The van der Waals surface area contributed by atoms with Gasteiger partial charge in [0.15, 0.2) is 0 Å². The SMILES string of the molecule is CCOC(=O)c1cc2c(C3CCN(C)CC3)c[nH]c2cc1NS(=O)(=O)c1sc2ccc(Cl)cc2c1C. The number of aromatic amines is 1. The summed E-state index contributed by atoms with van der Waals surface area (Å²) in [7, 11) is -1.86. The molecule has 0 atom stereocenters. The maximum absolute atomic E-state index is 13.5. The van der Waals surface area contributed by atoms with Crippen LogP contribution < -0.4 is 4.72 Å². The Morgan fingerprint density at radius 3 is 2.69 bits per heavy atom. The van der Waals surface area contributed by atoms with E-state index in [2.05, 4.69) is 21.7 Å². The first kappa shape index (κ1) is 25.1. The number of nitrogens with zero attached hydrogens (tertiary/aromatic N) is 1. The van der Waals surface area contributed by atoms with Crippen LogP contribution in [0.5, 0.6) is 0 Å². The predicted octanol–water partition coefficient (Wildman–Crippen LogP) is 6.13. The van der Waals surface area contributed by atoms with E-state index in [0.29, 0.717) is 16.5 Å². The first-order chi connectivity index (χ1) is 17.2. The minimum absolute atomic E-state index is 0.188. The van der Waals surface area contributed by atoms with E-state index < -0.39 is 16.0 Å². The van der Waals surface area contributed by atoms with Crippen LogP contribution in [0, 0.1) is 6.92 Å². The highest BCUT2D eigenvalue weighted by atomic mass is 35.5. The Morgan fingerprint density at radius 1 is 1.22 bits per heavy atom. The summed E-state index contributed by atoms with van der Waals surface area (Å²) < 4.78 is 36.0. The number of hydrogen-bond acceptors (Lipinski definition) is 6. The van der Waals surface area contributed by atoms with Crippen molar-refractivity contribution in [2.75, 3.05) is 31.5 Å². The number of carbonyl (C=O) groups is 1. The third kappa shape index (κ3) is 4.61. The van der Waals surface area contributed by atoms with Crippen LogP contribution in [0.2, 0.25) is 5.02 Å². The molecule has 0 bridgehead atoms. The van der Waals surface area contributed by atoms with Crippen LogP contribution in [-0.2, 0) is 14.8 Å². The second-order valence-electron chi connectivity index (χ2n) is 9.25. The standard InChI is InChI=1S/C26H28ClN3O4S2/c1-4-34-25(31)20-12-19-21(16-7-9-30(3)10-8-16)14-28-22(19)13-23(20)29-36(32,33)26-15(2)18-11-17(27)5-6-24(18)35-26/h5-6,11-14,16,28-29H,4,7-10H2,1-3H3. The molecule has 3 heterocycles. The van der Waals surface area contributed by atoms with Crippen LogP contribution in [0.4, 0.5) is 5.69 Å². The second-order valence-corrected chi connectivity index (χ2v) is 12.6. The Hall–Kier alpha value is -2.59. The van der Waals surface area contributed by atoms with Gasteiger partial charge in [-0.1, -0.05) is 11.6 Å². The molecule has 5 rings (SSSR count). The third-order valence-electron chi connectivity index (χ3n) is 6.85. The van der Waals surface area contributed by atoms with Crippen LogP contribution in [-0.4, -0.2) is 51.0 Å². The molecule has 2 N–H and O–H groups in total. The first-order valence-electron chi connectivity index (χ1n) is 11.9. The molecule has 0 spiro atoms. The van der Waals surface area contributed by atoms with Gasteiger partial charge in [-0.2, -0.15) is 0 Å². The molecule has 1 aliphatic heterocycles. The van der Waals surface area contributed by atoms with Crippen molar-refractivity contribution in [2.45, 2.75) is 36.8 Å². The van der Waals surface area contributed by atoms with E-state index >= 15 is 0 Å². The van der Waals surface area contributed by atoms with Crippen molar-refractivity contribution in [3.05, 3.63) is 58.2 Å². The molecule has 0 radical (unpaired) electrons. The van der Waals surface area contributed by atoms with Gasteiger partial charge < -0.3 is 14.6 Å². The maximum atomic E-state index is 13.5. The number of nitrogens with one attached hydrogen (secondary N) is 2. The van der Waals surface area contributed by atoms with Crippen molar-refractivity contribution in [3.63, 3.8) is 0 Å². The molecule has 0 amide bonds. The van der Waals surface area contributed by atoms with E-state index in [1.807, 2.05) is 12.3 Å². The highest BCUT2D eigenvalue weighted by Crippen LogP contribution is 2.39. The lowest BCUT2D eigenvalue weighted by molar-refractivity contribution is 0.0528. The molecular formula is C26H28ClN3O4S2. The fraction of sp³-hybridized carbons (Fsp3) is 0.346. The molecular weight excluding hydrogens is 518 g/mol. The highest BCUT2D eigenvalue weighted by molar-refractivity contribution is 7.95. The molecule has 1 aliphatic rings. The molecule has 190 valence electrons. The van der Waals surface area contributed by atoms with Crippen LogP contribution in [0.25, 0.3) is 21.0 Å². The van der Waals surface area contributed by atoms with Gasteiger partial charge in [0.2, 0.25) is 0 Å². The van der Waals surface area contributed by atoms with E-state index in [9.17, 15) is 13.2 Å². The average molecular weight is 546 g/mol. The van der Waals surface area contributed by atoms with Gasteiger partial charge in [0.25, 0.3) is 10.0 Å². The van der Waals surface area contributed by atoms with E-state index in [0.717, 1.165) is 52.5 Å². The molecule has 0 saturated carbocycles. The summed E-state index contributed by atoms with van der Waals surface area (Å²) in [5, 5.41) is 2.26. The number of halogens is 1. The van der Waals surface area contributed by atoms with Crippen molar-refractivity contribution < 1.29 is 17.9 Å². The number of aryl methyl sites for hydroxylation is 1. The number of piperidine rings is 1. The number of fused-ring (bicyclic) bond motifs is 2. The van der Waals surface area contributed by atoms with Crippen LogP contribution in [0.15, 0.2) is 40.7 Å². The largest absolute Gasteiger partial charge is 0.462 e. The third-order valence-corrected chi connectivity index (χ3v) is 10.3. The smallest absolute Gasteiger partial charge is 0.340 e. The van der Waals surface area contributed by atoms with Crippen molar-refractivity contribution in [3.8, 4) is 0 Å². The van der Waals surface area contributed by atoms with Gasteiger partial charge in [0, 0.05) is 26.8 Å². The van der Waals surface area contributed by atoms with Gasteiger partial charge in [-0.3, -0.25) is 4.72 Å². The lowest BCUT2D eigenvalue weighted by atomic mass is 9.89. The normalized spacial score (nSPS) is 15.6. The Balaban J connectivity index is 1.57. The summed E-state index contributed by atoms with van der Waals surface area (Å²) in [4.78, 5) is 18.5. The predicted molar refractivity (Wildman–Crippen MR) is 146 cm³/mol. The van der Waals surface area contributed by atoms with Gasteiger partial charge >= 0.3 is 5.97 Å². The molecule has 2 aromatic heterocycles. The number of sulfonamides is 1. The number of hydrogen-bond donors (Lipinski definition) is 2. The number of esters is 1. The summed E-state index contributed by atoms with van der Waals surface area (Å²) in [5.41, 5.74) is 2.93. The number of anilines is 1. The van der Waals surface area contributed by atoms with E-state index in [-0.39, 0.29) is 22.1 Å². The van der Waals surface area contributed by atoms with Gasteiger partial charge in [-0.05, 0) is 99.6 Å². The van der Waals surface area contributed by atoms with Crippen molar-refractivity contribution >= 4 is 65.6 Å². The molecule has 1 fully saturated rings. The summed E-state index contributed by atoms with van der Waals surface area (Å²) in [6.45, 7) is 5.71. The lowest BCUT2D eigenvalue weighted by Crippen LogP contribution is -2.29. The quantitative estimate of drug-likeness (QED) is 0.284. The minimum Gasteiger partial charge on any atom is -0.462 e. The number of likely N-dealkylation sites (tertiary alicyclic amines) is 1. The van der Waals surface area contributed by atoms with Crippen LogP contribution in [0.1, 0.15) is 47.2 Å². The number of rotatable bonds is 6. The summed E-state index contributed by atoms with van der Waals surface area (Å²) in [5.74, 6) is -0.187. The number of thiophene rings is 1. The number of carbonyl (C=O) groups excluding carboxylic acids is 1. The molecule has 1 saturated heterocycles. The van der Waals surface area contributed by atoms with Crippen molar-refractivity contribution in [1.82, 2.24) is 9.88 Å². The maximum Gasteiger partial charge on any atom is 0.340 e. The van der Waals surface area contributed by atoms with Gasteiger partial charge in [-0.25, -0.2) is 13.2 Å². The summed E-state index contributed by atoms with van der Waals surface area (Å²) in [6, 6.07) is 8.77. The summed E-state index contributed by atoms with van der Waals surface area (Å²) >= 11 is 7.31. The minimum atomic E-state index is -3.98. The number of aromatic nitrogens is 1. The number of H-pyrrole nitrogens is 1. The fourth-order valence-electron chi connectivity index (χ4n) is 4.93. The molecule has 2 aromatic carbocycles. The average Bonchev–Trinajstić information content (AvgIpc) is 3.40. The zero-order valence-electron chi connectivity index (χ0n) is 20.4. The zero-order valence-corrected chi connectivity index (χ0v) is 22.7. The monoisotopic (exact) mass is 545 g/mol. The molecule has 36 heavy (non-hydrogen) atoms. The Kier molecular flexibility index (Phi) is 6.76. The molecule has 0 aliphatic carbocycles. The topological polar surface area (TPSA) is 91.5 Å². The van der Waals surface area contributed by atoms with Gasteiger partial charge in [0.1, 0.15) is 4.21 Å². The Labute approximate surface area is 219 Å². The van der Waals surface area contributed by atoms with Crippen molar-refractivity contribution in [1.29, 1.82) is 0 Å². The summed E-state index contributed by atoms with van der Waals surface area (Å²) in [6.07, 6.45) is 4.04. The first-order valence-corrected chi connectivity index (χ1v) is 14.6. The number of ether oxygens (including phenoxy) is 1. The Morgan fingerprint density at radius 2 is 1.97 bits per heavy atom. The van der Waals surface area contributed by atoms with E-state index in [1.165, 1.54) is 11.3 Å². The molecule has 7 nitrogen and oxygen atoms in total. The second kappa shape index (κ2) is 9.70. The van der Waals surface area contributed by atoms with Gasteiger partial charge in [0.05, 0.1) is 17.9 Å². The van der Waals surface area contributed by atoms with E-state index in [4.69, 9.17) is 16.3 Å². The lowest BCUT2D eigenvalue weighted by Gasteiger charge is -2.28. The molecule has 0 unspecified atom stereocenters. The van der Waals surface area contributed by atoms with E-state index in [1.54, 1.807) is 38.1 Å². The van der Waals surface area contributed by atoms with Crippen LogP contribution in [0.3, 0.4) is 0 Å². The van der Waals surface area contributed by atoms with Crippen LogP contribution >= 0.6 is 22.9 Å². The molecule has 4 aromatic rings. The zero-order chi connectivity index (χ0) is 25.6. The van der Waals surface area contributed by atoms with Gasteiger partial charge in [-0.15, -0.1) is 11.3 Å². The highest BCUT2D eigenvalue weighted by Gasteiger charge is 2.27. The molecule has 10 heteroatoms. The Bertz CT molecular complexity index is 1570. The fourth-order valence-corrected chi connectivity index (χ4v) is 7.92.